The van der Waals surface area contributed by atoms with E-state index in [1.807, 2.05) is 25.1 Å². The lowest BCUT2D eigenvalue weighted by molar-refractivity contribution is 0.544. The first kappa shape index (κ1) is 14.9. The zero-order valence-corrected chi connectivity index (χ0v) is 12.2. The van der Waals surface area contributed by atoms with Gasteiger partial charge < -0.3 is 5.32 Å². The summed E-state index contributed by atoms with van der Waals surface area (Å²) in [5.74, 6) is -0.114. The van der Waals surface area contributed by atoms with Gasteiger partial charge in [0.15, 0.2) is 0 Å². The number of hydrogen-bond donors (Lipinski definition) is 1. The van der Waals surface area contributed by atoms with Crippen molar-refractivity contribution >= 4 is 11.6 Å². The summed E-state index contributed by atoms with van der Waals surface area (Å²) in [7, 11) is 0. The minimum absolute atomic E-state index is 0.0519. The molecule has 4 heteroatoms. The van der Waals surface area contributed by atoms with Crippen molar-refractivity contribution in [1.29, 1.82) is 0 Å². The number of nitrogens with one attached hydrogen (secondary N) is 1. The number of pyridine rings is 1. The first-order chi connectivity index (χ1) is 9.72. The van der Waals surface area contributed by atoms with Crippen LogP contribution in [0.4, 0.5) is 4.39 Å². The molecule has 1 N–H and O–H groups in total. The third-order valence-electron chi connectivity index (χ3n) is 3.31. The van der Waals surface area contributed by atoms with Gasteiger partial charge in [-0.1, -0.05) is 36.7 Å². The molecule has 2 rings (SSSR count). The summed E-state index contributed by atoms with van der Waals surface area (Å²) in [5, 5.41) is 3.92. The standard InChI is InChI=1S/C16H18ClFN2/c1-2-19-10-13(14-5-3-4-6-16(14)18)9-12-7-8-20-11-15(12)17/h3-8,11,13,19H,2,9-10H2,1H3. The van der Waals surface area contributed by atoms with Gasteiger partial charge in [-0.25, -0.2) is 4.39 Å². The lowest BCUT2D eigenvalue weighted by atomic mass is 9.91. The number of nitrogens with zero attached hydrogens (tertiary/aromatic N) is 1. The summed E-state index contributed by atoms with van der Waals surface area (Å²) in [4.78, 5) is 3.98. The van der Waals surface area contributed by atoms with Crippen LogP contribution in [0.3, 0.4) is 0 Å². The number of rotatable bonds is 6. The largest absolute Gasteiger partial charge is 0.316 e. The van der Waals surface area contributed by atoms with Crippen LogP contribution in [0.5, 0.6) is 0 Å². The fraction of sp³-hybridized carbons (Fsp3) is 0.312. The van der Waals surface area contributed by atoms with Gasteiger partial charge >= 0.3 is 0 Å². The van der Waals surface area contributed by atoms with Crippen molar-refractivity contribution in [2.24, 2.45) is 0 Å². The molecule has 0 spiro atoms. The Hall–Kier alpha value is -1.45. The highest BCUT2D eigenvalue weighted by Gasteiger charge is 2.17. The zero-order chi connectivity index (χ0) is 14.4. The summed E-state index contributed by atoms with van der Waals surface area (Å²) in [5.41, 5.74) is 1.72. The van der Waals surface area contributed by atoms with Crippen molar-refractivity contribution in [2.45, 2.75) is 19.3 Å². The summed E-state index contributed by atoms with van der Waals surface area (Å²) < 4.78 is 14.0. The van der Waals surface area contributed by atoms with Gasteiger partial charge in [-0.15, -0.1) is 0 Å². The first-order valence-electron chi connectivity index (χ1n) is 6.76. The van der Waals surface area contributed by atoms with Crippen LogP contribution in [0.25, 0.3) is 0 Å². The van der Waals surface area contributed by atoms with Crippen molar-refractivity contribution in [3.05, 3.63) is 64.7 Å². The molecule has 1 heterocycles. The predicted octanol–water partition coefficient (Wildman–Crippen LogP) is 3.81. The number of likely N-dealkylation sites (N-methyl/N-ethyl adjacent to an activating group) is 1. The van der Waals surface area contributed by atoms with Crippen LogP contribution >= 0.6 is 11.6 Å². The van der Waals surface area contributed by atoms with Crippen LogP contribution < -0.4 is 5.32 Å². The predicted molar refractivity (Wildman–Crippen MR) is 80.6 cm³/mol. The van der Waals surface area contributed by atoms with Crippen molar-refractivity contribution < 1.29 is 4.39 Å². The highest BCUT2D eigenvalue weighted by atomic mass is 35.5. The Bertz CT molecular complexity index is 560. The normalized spacial score (nSPS) is 12.3. The molecule has 2 aromatic rings. The fourth-order valence-corrected chi connectivity index (χ4v) is 2.45. The lowest BCUT2D eigenvalue weighted by Crippen LogP contribution is -2.23. The van der Waals surface area contributed by atoms with Gasteiger partial charge in [-0.05, 0) is 36.2 Å². The molecule has 0 radical (unpaired) electrons. The van der Waals surface area contributed by atoms with E-state index >= 15 is 0 Å². The molecule has 1 aromatic carbocycles. The Balaban J connectivity index is 2.24. The molecule has 106 valence electrons. The van der Waals surface area contributed by atoms with E-state index in [1.165, 1.54) is 6.07 Å². The highest BCUT2D eigenvalue weighted by molar-refractivity contribution is 6.31. The SMILES string of the molecule is CCNCC(Cc1ccncc1Cl)c1ccccc1F. The minimum atomic E-state index is -0.166. The van der Waals surface area contributed by atoms with Crippen LogP contribution in [0.2, 0.25) is 5.02 Å². The maximum absolute atomic E-state index is 14.0. The molecule has 1 unspecified atom stereocenters. The molecule has 1 atom stereocenters. The van der Waals surface area contributed by atoms with Crippen LogP contribution in [-0.4, -0.2) is 18.1 Å². The van der Waals surface area contributed by atoms with E-state index in [2.05, 4.69) is 10.3 Å². The summed E-state index contributed by atoms with van der Waals surface area (Å²) in [6.07, 6.45) is 4.03. The average molecular weight is 293 g/mol. The van der Waals surface area contributed by atoms with Crippen LogP contribution in [-0.2, 0) is 6.42 Å². The second-order valence-electron chi connectivity index (χ2n) is 4.70. The first-order valence-corrected chi connectivity index (χ1v) is 7.13. The molecular weight excluding hydrogens is 275 g/mol. The molecule has 2 nitrogen and oxygen atoms in total. The van der Waals surface area contributed by atoms with Gasteiger partial charge in [0.2, 0.25) is 0 Å². The van der Waals surface area contributed by atoms with E-state index in [0.717, 1.165) is 24.2 Å². The molecule has 0 aliphatic heterocycles. The third-order valence-corrected chi connectivity index (χ3v) is 3.65. The summed E-state index contributed by atoms with van der Waals surface area (Å²) in [6.45, 7) is 3.61. The smallest absolute Gasteiger partial charge is 0.126 e. The van der Waals surface area contributed by atoms with Crippen LogP contribution in [0.1, 0.15) is 24.0 Å². The van der Waals surface area contributed by atoms with Crippen molar-refractivity contribution in [3.8, 4) is 0 Å². The van der Waals surface area contributed by atoms with E-state index in [-0.39, 0.29) is 11.7 Å². The molecule has 0 bridgehead atoms. The van der Waals surface area contributed by atoms with Gasteiger partial charge in [0.05, 0.1) is 5.02 Å². The Morgan fingerprint density at radius 3 is 2.80 bits per heavy atom. The Morgan fingerprint density at radius 1 is 1.30 bits per heavy atom. The number of aromatic nitrogens is 1. The van der Waals surface area contributed by atoms with E-state index in [9.17, 15) is 4.39 Å². The monoisotopic (exact) mass is 292 g/mol. The molecule has 1 aromatic heterocycles. The van der Waals surface area contributed by atoms with Gasteiger partial charge in [-0.3, -0.25) is 4.98 Å². The maximum Gasteiger partial charge on any atom is 0.126 e. The average Bonchev–Trinajstić information content (AvgIpc) is 2.46. The number of hydrogen-bond acceptors (Lipinski definition) is 2. The number of halogens is 2. The molecule has 20 heavy (non-hydrogen) atoms. The lowest BCUT2D eigenvalue weighted by Gasteiger charge is -2.19. The highest BCUT2D eigenvalue weighted by Crippen LogP contribution is 2.26. The second kappa shape index (κ2) is 7.36. The topological polar surface area (TPSA) is 24.9 Å². The fourth-order valence-electron chi connectivity index (χ4n) is 2.25. The van der Waals surface area contributed by atoms with Crippen molar-refractivity contribution in [2.75, 3.05) is 13.1 Å². The molecule has 0 saturated carbocycles. The van der Waals surface area contributed by atoms with Gasteiger partial charge in [0.25, 0.3) is 0 Å². The molecule has 0 aliphatic rings. The maximum atomic E-state index is 14.0. The van der Waals surface area contributed by atoms with Crippen molar-refractivity contribution in [1.82, 2.24) is 10.3 Å². The van der Waals surface area contributed by atoms with Crippen LogP contribution in [0.15, 0.2) is 42.7 Å². The van der Waals surface area contributed by atoms with E-state index in [4.69, 9.17) is 11.6 Å². The summed E-state index contributed by atoms with van der Waals surface area (Å²) in [6, 6.07) is 8.81. The second-order valence-corrected chi connectivity index (χ2v) is 5.10. The van der Waals surface area contributed by atoms with Gasteiger partial charge in [0.1, 0.15) is 5.82 Å². The Kier molecular flexibility index (Phi) is 5.50. The Labute approximate surface area is 124 Å². The zero-order valence-electron chi connectivity index (χ0n) is 11.4. The van der Waals surface area contributed by atoms with Crippen molar-refractivity contribution in [3.63, 3.8) is 0 Å². The third kappa shape index (κ3) is 3.78. The quantitative estimate of drug-likeness (QED) is 0.876. The molecule has 0 saturated heterocycles. The van der Waals surface area contributed by atoms with E-state index in [0.29, 0.717) is 11.4 Å². The Morgan fingerprint density at radius 2 is 2.10 bits per heavy atom. The number of benzene rings is 1. The van der Waals surface area contributed by atoms with Gasteiger partial charge in [0, 0.05) is 24.9 Å². The van der Waals surface area contributed by atoms with Gasteiger partial charge in [-0.2, -0.15) is 0 Å². The molecule has 0 fully saturated rings. The molecule has 0 aliphatic carbocycles. The van der Waals surface area contributed by atoms with E-state index < -0.39 is 0 Å². The van der Waals surface area contributed by atoms with E-state index in [1.54, 1.807) is 18.5 Å². The summed E-state index contributed by atoms with van der Waals surface area (Å²) >= 11 is 6.15. The van der Waals surface area contributed by atoms with Crippen LogP contribution in [0, 0.1) is 5.82 Å². The minimum Gasteiger partial charge on any atom is -0.316 e. The molecular formula is C16H18ClFN2. The molecule has 0 amide bonds.